The lowest BCUT2D eigenvalue weighted by Crippen LogP contribution is -2.45. The van der Waals surface area contributed by atoms with E-state index in [1.807, 2.05) is 0 Å². The molecule has 1 aromatic carbocycles. The monoisotopic (exact) mass is 429 g/mol. The molecular formula is C21H21BrFN3O. The van der Waals surface area contributed by atoms with E-state index in [9.17, 15) is 4.39 Å². The van der Waals surface area contributed by atoms with Crippen LogP contribution in [0.1, 0.15) is 47.9 Å². The van der Waals surface area contributed by atoms with Crippen LogP contribution in [0.25, 0.3) is 0 Å². The van der Waals surface area contributed by atoms with Gasteiger partial charge >= 0.3 is 0 Å². The van der Waals surface area contributed by atoms with E-state index in [-0.39, 0.29) is 17.4 Å². The van der Waals surface area contributed by atoms with Gasteiger partial charge in [-0.15, -0.1) is 0 Å². The van der Waals surface area contributed by atoms with Crippen molar-refractivity contribution in [2.75, 3.05) is 7.11 Å². The molecule has 0 radical (unpaired) electrons. The van der Waals surface area contributed by atoms with Gasteiger partial charge in [0.25, 0.3) is 0 Å². The van der Waals surface area contributed by atoms with Gasteiger partial charge < -0.3 is 10.5 Å². The van der Waals surface area contributed by atoms with Gasteiger partial charge in [0.15, 0.2) is 5.82 Å². The van der Waals surface area contributed by atoms with Crippen molar-refractivity contribution in [1.82, 2.24) is 4.98 Å². The number of fused-ring (bicyclic) bond motifs is 5. The quantitative estimate of drug-likeness (QED) is 0.742. The Kier molecular flexibility index (Phi) is 3.75. The lowest BCUT2D eigenvalue weighted by molar-refractivity contribution is 0.00675. The van der Waals surface area contributed by atoms with Crippen LogP contribution in [-0.4, -0.2) is 24.0 Å². The number of amidine groups is 1. The van der Waals surface area contributed by atoms with Gasteiger partial charge in [-0.3, -0.25) is 9.98 Å². The fraction of sp³-hybridized carbons (Fsp3) is 0.429. The summed E-state index contributed by atoms with van der Waals surface area (Å²) < 4.78 is 21.3. The summed E-state index contributed by atoms with van der Waals surface area (Å²) in [4.78, 5) is 9.18. The van der Waals surface area contributed by atoms with Gasteiger partial charge in [0.1, 0.15) is 11.4 Å². The lowest BCUT2D eigenvalue weighted by atomic mass is 9.60. The van der Waals surface area contributed by atoms with Gasteiger partial charge in [-0.1, -0.05) is 22.0 Å². The Balaban J connectivity index is 1.78. The molecule has 2 aliphatic carbocycles. The molecule has 5 rings (SSSR count). The largest absolute Gasteiger partial charge is 0.383 e. The third kappa shape index (κ3) is 2.17. The maximum Gasteiger partial charge on any atom is 0.152 e. The predicted octanol–water partition coefficient (Wildman–Crippen LogP) is 4.08. The molecule has 1 saturated carbocycles. The van der Waals surface area contributed by atoms with Gasteiger partial charge in [-0.2, -0.15) is 0 Å². The highest BCUT2D eigenvalue weighted by Gasteiger charge is 2.62. The predicted molar refractivity (Wildman–Crippen MR) is 105 cm³/mol. The maximum absolute atomic E-state index is 14.7. The van der Waals surface area contributed by atoms with E-state index in [0.717, 1.165) is 47.7 Å². The molecule has 1 unspecified atom stereocenters. The number of nitrogens with two attached hydrogens (primary N) is 1. The van der Waals surface area contributed by atoms with Crippen molar-refractivity contribution in [3.05, 3.63) is 63.1 Å². The smallest absolute Gasteiger partial charge is 0.152 e. The average molecular weight is 430 g/mol. The number of nitrogens with zero attached hydrogens (tertiary/aromatic N) is 2. The van der Waals surface area contributed by atoms with Crippen LogP contribution in [0.5, 0.6) is 0 Å². The number of aromatic nitrogens is 1. The molecule has 1 atom stereocenters. The topological polar surface area (TPSA) is 60.5 Å². The number of hydrogen-bond acceptors (Lipinski definition) is 4. The molecule has 2 N–H and O–H groups in total. The lowest BCUT2D eigenvalue weighted by Gasteiger charge is -2.46. The van der Waals surface area contributed by atoms with E-state index in [1.54, 1.807) is 13.3 Å². The molecule has 2 spiro atoms. The summed E-state index contributed by atoms with van der Waals surface area (Å²) in [5.41, 5.74) is 9.12. The van der Waals surface area contributed by atoms with Crippen molar-refractivity contribution in [3.8, 4) is 0 Å². The van der Waals surface area contributed by atoms with E-state index < -0.39 is 11.4 Å². The molecule has 3 aliphatic rings. The summed E-state index contributed by atoms with van der Waals surface area (Å²) in [7, 11) is 1.78. The first-order chi connectivity index (χ1) is 13.0. The zero-order valence-corrected chi connectivity index (χ0v) is 16.7. The Morgan fingerprint density at radius 1 is 1.22 bits per heavy atom. The number of ether oxygens (including phenoxy) is 1. The zero-order chi connectivity index (χ0) is 18.8. The second-order valence-electron chi connectivity index (χ2n) is 7.94. The molecule has 1 fully saturated rings. The highest BCUT2D eigenvalue weighted by Crippen LogP contribution is 2.64. The number of hydrogen-bond donors (Lipinski definition) is 1. The van der Waals surface area contributed by atoms with Gasteiger partial charge in [0.2, 0.25) is 0 Å². The minimum Gasteiger partial charge on any atom is -0.383 e. The van der Waals surface area contributed by atoms with E-state index in [1.165, 1.54) is 11.8 Å². The van der Waals surface area contributed by atoms with Crippen LogP contribution < -0.4 is 5.73 Å². The van der Waals surface area contributed by atoms with Crippen molar-refractivity contribution in [2.24, 2.45) is 16.1 Å². The third-order valence-electron chi connectivity index (χ3n) is 6.81. The minimum absolute atomic E-state index is 0.128. The summed E-state index contributed by atoms with van der Waals surface area (Å²) in [6.45, 7) is 0. The van der Waals surface area contributed by atoms with E-state index >= 15 is 0 Å². The number of aliphatic imine (C=N–C) groups is 1. The van der Waals surface area contributed by atoms with Gasteiger partial charge in [0.05, 0.1) is 17.9 Å². The van der Waals surface area contributed by atoms with Crippen LogP contribution in [0.2, 0.25) is 0 Å². The summed E-state index contributed by atoms with van der Waals surface area (Å²) in [6, 6.07) is 6.36. The summed E-state index contributed by atoms with van der Waals surface area (Å²) in [5.74, 6) is -0.110. The van der Waals surface area contributed by atoms with Gasteiger partial charge in [0, 0.05) is 28.8 Å². The standard InChI is InChI=1S/C21H21BrFN3O/c1-27-14-4-6-20(7-5-14)9-12-2-3-13(22)8-15(12)21(20)16-10-25-11-17(23)18(16)19(24)26-21/h2-3,8,10-11,14H,4-7,9H2,1H3,(H2,24,26). The number of halogens is 2. The summed E-state index contributed by atoms with van der Waals surface area (Å²) >= 11 is 3.61. The van der Waals surface area contributed by atoms with Crippen molar-refractivity contribution >= 4 is 21.8 Å². The molecule has 2 heterocycles. The van der Waals surface area contributed by atoms with Crippen LogP contribution >= 0.6 is 15.9 Å². The second kappa shape index (κ2) is 5.85. The minimum atomic E-state index is -0.667. The van der Waals surface area contributed by atoms with Crippen molar-refractivity contribution in [1.29, 1.82) is 0 Å². The van der Waals surface area contributed by atoms with Gasteiger partial charge in [-0.05, 0) is 55.4 Å². The molecule has 0 amide bonds. The first kappa shape index (κ1) is 17.3. The molecule has 2 aromatic rings. The first-order valence-electron chi connectivity index (χ1n) is 9.32. The van der Waals surface area contributed by atoms with Crippen molar-refractivity contribution in [2.45, 2.75) is 43.7 Å². The summed E-state index contributed by atoms with van der Waals surface area (Å²) in [5, 5.41) is 0. The number of methoxy groups -OCH3 is 1. The van der Waals surface area contributed by atoms with Crippen LogP contribution in [0.4, 0.5) is 4.39 Å². The van der Waals surface area contributed by atoms with Crippen LogP contribution in [0.3, 0.4) is 0 Å². The Hall–Kier alpha value is -1.79. The average Bonchev–Trinajstić information content (AvgIpc) is 3.11. The molecule has 27 heavy (non-hydrogen) atoms. The van der Waals surface area contributed by atoms with Crippen LogP contribution in [0, 0.1) is 11.2 Å². The summed E-state index contributed by atoms with van der Waals surface area (Å²) in [6.07, 6.45) is 8.05. The fourth-order valence-electron chi connectivity index (χ4n) is 5.61. The van der Waals surface area contributed by atoms with Crippen molar-refractivity contribution in [3.63, 3.8) is 0 Å². The molecule has 4 nitrogen and oxygen atoms in total. The molecule has 6 heteroatoms. The van der Waals surface area contributed by atoms with E-state index in [4.69, 9.17) is 15.5 Å². The maximum atomic E-state index is 14.7. The number of pyridine rings is 1. The molecule has 1 aliphatic heterocycles. The first-order valence-corrected chi connectivity index (χ1v) is 10.1. The molecule has 0 saturated heterocycles. The molecule has 0 bridgehead atoms. The Morgan fingerprint density at radius 2 is 2.00 bits per heavy atom. The number of benzene rings is 1. The SMILES string of the molecule is COC1CCC2(CC1)Cc1ccc(Br)cc1C21N=C(N)c2c(F)cncc21. The zero-order valence-electron chi connectivity index (χ0n) is 15.1. The molecule has 1 aromatic heterocycles. The number of rotatable bonds is 1. The van der Waals surface area contributed by atoms with Gasteiger partial charge in [-0.25, -0.2) is 4.39 Å². The van der Waals surface area contributed by atoms with Crippen molar-refractivity contribution < 1.29 is 9.13 Å². The third-order valence-corrected chi connectivity index (χ3v) is 7.31. The second-order valence-corrected chi connectivity index (χ2v) is 8.86. The Labute approximate surface area is 166 Å². The molecule has 140 valence electrons. The highest BCUT2D eigenvalue weighted by atomic mass is 79.9. The Bertz CT molecular complexity index is 968. The Morgan fingerprint density at radius 3 is 2.74 bits per heavy atom. The van der Waals surface area contributed by atoms with E-state index in [2.05, 4.69) is 39.1 Å². The fourth-order valence-corrected chi connectivity index (χ4v) is 5.97. The molecular weight excluding hydrogens is 409 g/mol. The van der Waals surface area contributed by atoms with E-state index in [0.29, 0.717) is 5.56 Å². The normalized spacial score (nSPS) is 31.2. The highest BCUT2D eigenvalue weighted by molar-refractivity contribution is 9.10. The van der Waals surface area contributed by atoms with Crippen LogP contribution in [-0.2, 0) is 16.7 Å². The van der Waals surface area contributed by atoms with Crippen LogP contribution in [0.15, 0.2) is 40.1 Å².